The van der Waals surface area contributed by atoms with Gasteiger partial charge in [-0.15, -0.1) is 0 Å². The van der Waals surface area contributed by atoms with Crippen molar-refractivity contribution in [1.29, 1.82) is 0 Å². The molecule has 7 atom stereocenters. The number of fused-ring (bicyclic) bond motifs is 1. The molecule has 2 aliphatic heterocycles. The van der Waals surface area contributed by atoms with Crippen LogP contribution in [0, 0.1) is 29.1 Å². The van der Waals surface area contributed by atoms with Crippen LogP contribution in [0.1, 0.15) is 47.0 Å². The molecule has 3 fully saturated rings. The van der Waals surface area contributed by atoms with Gasteiger partial charge in [-0.3, -0.25) is 29.4 Å². The van der Waals surface area contributed by atoms with Crippen LogP contribution in [0.2, 0.25) is 0 Å². The first kappa shape index (κ1) is 30.9. The van der Waals surface area contributed by atoms with Crippen molar-refractivity contribution in [3.63, 3.8) is 0 Å². The summed E-state index contributed by atoms with van der Waals surface area (Å²) in [5.74, 6) is -7.68. The number of piperidine rings is 2. The van der Waals surface area contributed by atoms with E-state index < -0.39 is 70.7 Å². The molecule has 0 aromatic rings. The van der Waals surface area contributed by atoms with E-state index in [0.29, 0.717) is 24.4 Å². The maximum absolute atomic E-state index is 13.8. The molecular formula is C24H34ClF4N5O5. The van der Waals surface area contributed by atoms with E-state index in [1.54, 1.807) is 12.2 Å². The molecule has 39 heavy (non-hydrogen) atoms. The van der Waals surface area contributed by atoms with Crippen molar-refractivity contribution in [2.75, 3.05) is 19.6 Å². The molecule has 0 bridgehead atoms. The van der Waals surface area contributed by atoms with Crippen molar-refractivity contribution in [1.82, 2.24) is 26.0 Å². The molecule has 3 aliphatic rings. The number of alkyl halides is 5. The number of hydrogen-bond acceptors (Lipinski definition) is 5. The highest BCUT2D eigenvalue weighted by Crippen LogP contribution is 2.65. The Hall–Kier alpha value is -2.64. The van der Waals surface area contributed by atoms with Crippen LogP contribution in [-0.4, -0.2) is 83.0 Å². The smallest absolute Gasteiger partial charge is 0.356 e. The molecule has 2 saturated heterocycles. The second-order valence-corrected chi connectivity index (χ2v) is 11.5. The molecule has 0 aromatic heterocycles. The van der Waals surface area contributed by atoms with Gasteiger partial charge < -0.3 is 15.5 Å². The molecule has 15 heteroatoms. The lowest BCUT2D eigenvalue weighted by molar-refractivity contribution is -0.175. The quantitative estimate of drug-likeness (QED) is 0.227. The maximum atomic E-state index is 13.8. The average Bonchev–Trinajstić information content (AvgIpc) is 3.17. The van der Waals surface area contributed by atoms with Gasteiger partial charge in [0.2, 0.25) is 11.8 Å². The van der Waals surface area contributed by atoms with Gasteiger partial charge in [0.05, 0.1) is 12.5 Å². The van der Waals surface area contributed by atoms with Gasteiger partial charge in [0.15, 0.2) is 0 Å². The van der Waals surface area contributed by atoms with Crippen LogP contribution in [0.5, 0.6) is 0 Å². The topological polar surface area (TPSA) is 128 Å². The number of rotatable bonds is 8. The number of carbonyl (C=O) groups excluding carboxylic acids is 5. The number of carbonyl (C=O) groups is 5. The SMILES string of the molecule is CC[C@H](C)[C@H](NC(=O)C(F)(F)F)C(=O)N1C[C@H]2[C@@H]([C@H]1C(=O)NN(C[C@H]1CCCNC1=O)C(=O)[C@H](F)Cl)C2(C)C. The normalized spacial score (nSPS) is 27.9. The predicted molar refractivity (Wildman–Crippen MR) is 130 cm³/mol. The van der Waals surface area contributed by atoms with E-state index in [-0.39, 0.29) is 31.3 Å². The van der Waals surface area contributed by atoms with E-state index in [1.807, 2.05) is 13.8 Å². The first-order chi connectivity index (χ1) is 18.0. The highest BCUT2D eigenvalue weighted by molar-refractivity contribution is 6.29. The van der Waals surface area contributed by atoms with Crippen LogP contribution < -0.4 is 16.1 Å². The number of likely N-dealkylation sites (tertiary alicyclic amines) is 1. The Morgan fingerprint density at radius 3 is 2.44 bits per heavy atom. The van der Waals surface area contributed by atoms with Crippen molar-refractivity contribution in [3.8, 4) is 0 Å². The number of nitrogens with zero attached hydrogens (tertiary/aromatic N) is 2. The molecule has 1 saturated carbocycles. The molecule has 0 unspecified atom stereocenters. The molecule has 3 rings (SSSR count). The minimum absolute atomic E-state index is 0.0453. The molecular weight excluding hydrogens is 550 g/mol. The zero-order chi connectivity index (χ0) is 29.4. The van der Waals surface area contributed by atoms with Crippen molar-refractivity contribution in [3.05, 3.63) is 0 Å². The lowest BCUT2D eigenvalue weighted by atomic mass is 9.95. The predicted octanol–water partition coefficient (Wildman–Crippen LogP) is 1.48. The van der Waals surface area contributed by atoms with Crippen molar-refractivity contribution in [2.45, 2.75) is 70.8 Å². The first-order valence-electron chi connectivity index (χ1n) is 12.9. The zero-order valence-electron chi connectivity index (χ0n) is 22.1. The molecule has 5 amide bonds. The molecule has 1 aliphatic carbocycles. The Balaban J connectivity index is 1.86. The fourth-order valence-corrected chi connectivity index (χ4v) is 5.75. The number of nitrogens with one attached hydrogen (secondary N) is 3. The summed E-state index contributed by atoms with van der Waals surface area (Å²) >= 11 is 5.35. The van der Waals surface area contributed by atoms with E-state index >= 15 is 0 Å². The minimum atomic E-state index is -5.21. The summed E-state index contributed by atoms with van der Waals surface area (Å²) in [6.45, 7) is 7.01. The Morgan fingerprint density at radius 1 is 1.26 bits per heavy atom. The molecule has 2 heterocycles. The Morgan fingerprint density at radius 2 is 1.90 bits per heavy atom. The van der Waals surface area contributed by atoms with Crippen LogP contribution >= 0.6 is 11.6 Å². The summed E-state index contributed by atoms with van der Waals surface area (Å²) in [4.78, 5) is 64.6. The van der Waals surface area contributed by atoms with Gasteiger partial charge in [-0.1, -0.05) is 45.7 Å². The summed E-state index contributed by atoms with van der Waals surface area (Å²) in [6, 6.07) is -2.77. The van der Waals surface area contributed by atoms with Gasteiger partial charge in [0.25, 0.3) is 17.4 Å². The monoisotopic (exact) mass is 583 g/mol. The fraction of sp³-hybridized carbons (Fsp3) is 0.792. The minimum Gasteiger partial charge on any atom is -0.356 e. The number of hydrazine groups is 1. The Kier molecular flexibility index (Phi) is 9.08. The van der Waals surface area contributed by atoms with Crippen molar-refractivity contribution < 1.29 is 41.5 Å². The zero-order valence-corrected chi connectivity index (χ0v) is 22.9. The fourth-order valence-electron chi connectivity index (χ4n) is 5.64. The lowest BCUT2D eigenvalue weighted by Gasteiger charge is -2.36. The molecule has 0 spiro atoms. The van der Waals surface area contributed by atoms with Crippen molar-refractivity contribution in [2.24, 2.45) is 29.1 Å². The maximum Gasteiger partial charge on any atom is 0.471 e. The number of hydrogen-bond donors (Lipinski definition) is 3. The van der Waals surface area contributed by atoms with E-state index in [0.717, 1.165) is 4.90 Å². The molecule has 3 N–H and O–H groups in total. The molecule has 0 radical (unpaired) electrons. The largest absolute Gasteiger partial charge is 0.471 e. The van der Waals surface area contributed by atoms with Gasteiger partial charge >= 0.3 is 12.1 Å². The van der Waals surface area contributed by atoms with E-state index in [9.17, 15) is 41.5 Å². The molecule has 220 valence electrons. The van der Waals surface area contributed by atoms with Gasteiger partial charge in [-0.25, -0.2) is 9.40 Å². The van der Waals surface area contributed by atoms with E-state index in [4.69, 9.17) is 11.6 Å². The van der Waals surface area contributed by atoms with Gasteiger partial charge in [0, 0.05) is 13.1 Å². The third kappa shape index (κ3) is 6.41. The summed E-state index contributed by atoms with van der Waals surface area (Å²) in [5.41, 5.74) is -0.600. The van der Waals surface area contributed by atoms with Crippen molar-refractivity contribution >= 4 is 41.1 Å². The highest BCUT2D eigenvalue weighted by Gasteiger charge is 2.70. The van der Waals surface area contributed by atoms with Gasteiger partial charge in [-0.05, 0) is 36.0 Å². The Bertz CT molecular complexity index is 1010. The number of amides is 5. The van der Waals surface area contributed by atoms with Gasteiger partial charge in [0.1, 0.15) is 12.1 Å². The van der Waals surface area contributed by atoms with Crippen LogP contribution in [0.3, 0.4) is 0 Å². The van der Waals surface area contributed by atoms with Crippen LogP contribution in [0.15, 0.2) is 0 Å². The summed E-state index contributed by atoms with van der Waals surface area (Å²) < 4.78 is 52.8. The standard InChI is InChI=1S/C24H34ClF4N5O5/c1-5-11(2)15(31-22(39)24(27,28)29)20(37)33-10-13-14(23(13,3)4)16(33)19(36)32-34(21(38)17(25)26)9-12-7-6-8-30-18(12)35/h11-17H,5-10H2,1-4H3,(H,30,35)(H,31,39)(H,32,36)/t11-,12+,13-,14-,15-,16-,17-/m0/s1. The van der Waals surface area contributed by atoms with Crippen LogP contribution in [0.25, 0.3) is 0 Å². The summed E-state index contributed by atoms with van der Waals surface area (Å²) in [6.07, 6.45) is -3.96. The first-order valence-corrected chi connectivity index (χ1v) is 13.3. The van der Waals surface area contributed by atoms with Gasteiger partial charge in [-0.2, -0.15) is 13.2 Å². The van der Waals surface area contributed by atoms with Crippen LogP contribution in [-0.2, 0) is 24.0 Å². The third-order valence-electron chi connectivity index (χ3n) is 8.28. The highest BCUT2D eigenvalue weighted by atomic mass is 35.5. The lowest BCUT2D eigenvalue weighted by Crippen LogP contribution is -2.61. The Labute approximate surface area is 228 Å². The average molecular weight is 584 g/mol. The molecule has 0 aromatic carbocycles. The second-order valence-electron chi connectivity index (χ2n) is 11.1. The van der Waals surface area contributed by atoms with E-state index in [1.165, 1.54) is 6.92 Å². The summed E-state index contributed by atoms with van der Waals surface area (Å²) in [7, 11) is 0. The van der Waals surface area contributed by atoms with E-state index in [2.05, 4.69) is 10.7 Å². The summed E-state index contributed by atoms with van der Waals surface area (Å²) in [5, 5.41) is 5.02. The molecule has 10 nitrogen and oxygen atoms in total. The van der Waals surface area contributed by atoms with Crippen LogP contribution in [0.4, 0.5) is 17.6 Å². The second kappa shape index (κ2) is 11.5. The number of halogens is 5. The third-order valence-corrected chi connectivity index (χ3v) is 8.47.